The lowest BCUT2D eigenvalue weighted by atomic mass is 10.1. The summed E-state index contributed by atoms with van der Waals surface area (Å²) in [6.07, 6.45) is 1.75. The van der Waals surface area contributed by atoms with E-state index in [0.717, 1.165) is 16.8 Å². The predicted molar refractivity (Wildman–Crippen MR) is 85.5 cm³/mol. The molecule has 0 radical (unpaired) electrons. The number of hydrogen-bond acceptors (Lipinski definition) is 4. The van der Waals surface area contributed by atoms with Crippen molar-refractivity contribution in [2.45, 2.75) is 6.54 Å². The number of nitrogens with two attached hydrogens (primary N) is 1. The number of benzene rings is 1. The molecule has 1 heterocycles. The second-order valence-electron chi connectivity index (χ2n) is 4.12. The molecule has 0 saturated carbocycles. The molecular formula is C14H14ClN3OS. The molecule has 1 aromatic carbocycles. The minimum absolute atomic E-state index is 0.331. The Morgan fingerprint density at radius 3 is 2.80 bits per heavy atom. The fourth-order valence-electron chi connectivity index (χ4n) is 1.71. The summed E-state index contributed by atoms with van der Waals surface area (Å²) >= 11 is 11.0. The van der Waals surface area contributed by atoms with Crippen LogP contribution in [0.25, 0.3) is 0 Å². The molecule has 2 aromatic rings. The van der Waals surface area contributed by atoms with E-state index in [4.69, 9.17) is 34.3 Å². The maximum absolute atomic E-state index is 5.99. The van der Waals surface area contributed by atoms with Crippen LogP contribution in [0.2, 0.25) is 5.02 Å². The molecule has 0 amide bonds. The third-order valence-corrected chi connectivity index (χ3v) is 3.19. The SMILES string of the molecule is COc1ccc(CNc2cc(Cl)ccc2C(N)=S)cn1. The minimum Gasteiger partial charge on any atom is -0.481 e. The number of nitrogens with one attached hydrogen (secondary N) is 1. The number of aromatic nitrogens is 1. The molecule has 1 aromatic heterocycles. The van der Waals surface area contributed by atoms with E-state index in [-0.39, 0.29) is 0 Å². The Morgan fingerprint density at radius 2 is 2.20 bits per heavy atom. The van der Waals surface area contributed by atoms with E-state index in [9.17, 15) is 0 Å². The number of halogens is 1. The molecular weight excluding hydrogens is 294 g/mol. The van der Waals surface area contributed by atoms with Crippen molar-refractivity contribution in [2.24, 2.45) is 5.73 Å². The van der Waals surface area contributed by atoms with Crippen molar-refractivity contribution in [2.75, 3.05) is 12.4 Å². The average Bonchev–Trinajstić information content (AvgIpc) is 2.45. The quantitative estimate of drug-likeness (QED) is 0.832. The Labute approximate surface area is 127 Å². The van der Waals surface area contributed by atoms with E-state index in [1.54, 1.807) is 31.5 Å². The molecule has 0 atom stereocenters. The van der Waals surface area contributed by atoms with Crippen LogP contribution in [0.3, 0.4) is 0 Å². The molecule has 3 N–H and O–H groups in total. The van der Waals surface area contributed by atoms with Gasteiger partial charge in [0.25, 0.3) is 0 Å². The maximum atomic E-state index is 5.99. The van der Waals surface area contributed by atoms with Crippen LogP contribution in [-0.4, -0.2) is 17.1 Å². The molecule has 2 rings (SSSR count). The van der Waals surface area contributed by atoms with Gasteiger partial charge >= 0.3 is 0 Å². The first-order valence-corrected chi connectivity index (χ1v) is 6.71. The molecule has 0 spiro atoms. The molecule has 0 unspecified atom stereocenters. The smallest absolute Gasteiger partial charge is 0.212 e. The number of ether oxygens (including phenoxy) is 1. The average molecular weight is 308 g/mol. The second-order valence-corrected chi connectivity index (χ2v) is 4.99. The van der Waals surface area contributed by atoms with Gasteiger partial charge in [0.1, 0.15) is 4.99 Å². The number of rotatable bonds is 5. The van der Waals surface area contributed by atoms with Gasteiger partial charge in [0.2, 0.25) is 5.88 Å². The molecule has 0 saturated heterocycles. The van der Waals surface area contributed by atoms with Crippen molar-refractivity contribution >= 4 is 34.5 Å². The molecule has 104 valence electrons. The third-order valence-electron chi connectivity index (χ3n) is 2.74. The Balaban J connectivity index is 2.13. The first-order valence-electron chi connectivity index (χ1n) is 5.92. The van der Waals surface area contributed by atoms with Gasteiger partial charge in [-0.3, -0.25) is 0 Å². The second kappa shape index (κ2) is 6.54. The van der Waals surface area contributed by atoms with E-state index in [2.05, 4.69) is 10.3 Å². The Morgan fingerprint density at radius 1 is 1.40 bits per heavy atom. The lowest BCUT2D eigenvalue weighted by Crippen LogP contribution is -2.13. The summed E-state index contributed by atoms with van der Waals surface area (Å²) in [4.78, 5) is 4.48. The highest BCUT2D eigenvalue weighted by Crippen LogP contribution is 2.22. The summed E-state index contributed by atoms with van der Waals surface area (Å²) in [5, 5.41) is 3.88. The molecule has 6 heteroatoms. The van der Waals surface area contributed by atoms with Gasteiger partial charge in [-0.15, -0.1) is 0 Å². The van der Waals surface area contributed by atoms with Crippen molar-refractivity contribution < 1.29 is 4.74 Å². The topological polar surface area (TPSA) is 60.2 Å². The lowest BCUT2D eigenvalue weighted by molar-refractivity contribution is 0.397. The number of hydrogen-bond donors (Lipinski definition) is 2. The van der Waals surface area contributed by atoms with Crippen LogP contribution in [0.5, 0.6) is 5.88 Å². The summed E-state index contributed by atoms with van der Waals surface area (Å²) in [6, 6.07) is 9.11. The summed E-state index contributed by atoms with van der Waals surface area (Å²) in [5.41, 5.74) is 8.28. The zero-order valence-corrected chi connectivity index (χ0v) is 12.5. The monoisotopic (exact) mass is 307 g/mol. The highest BCUT2D eigenvalue weighted by atomic mass is 35.5. The van der Waals surface area contributed by atoms with E-state index in [1.807, 2.05) is 12.1 Å². The zero-order valence-electron chi connectivity index (χ0n) is 10.9. The minimum atomic E-state index is 0.331. The maximum Gasteiger partial charge on any atom is 0.212 e. The first kappa shape index (κ1) is 14.6. The number of pyridine rings is 1. The predicted octanol–water partition coefficient (Wildman–Crippen LogP) is 2.99. The summed E-state index contributed by atoms with van der Waals surface area (Å²) in [6.45, 7) is 0.590. The van der Waals surface area contributed by atoms with Crippen LogP contribution in [0.4, 0.5) is 5.69 Å². The van der Waals surface area contributed by atoms with Crippen LogP contribution in [0, 0.1) is 0 Å². The van der Waals surface area contributed by atoms with E-state index >= 15 is 0 Å². The van der Waals surface area contributed by atoms with E-state index in [0.29, 0.717) is 22.4 Å². The Bertz CT molecular complexity index is 616. The van der Waals surface area contributed by atoms with Gasteiger partial charge in [-0.1, -0.05) is 29.9 Å². The number of thiocarbonyl (C=S) groups is 1. The highest BCUT2D eigenvalue weighted by molar-refractivity contribution is 7.80. The Kier molecular flexibility index (Phi) is 4.76. The fraction of sp³-hybridized carbons (Fsp3) is 0.143. The summed E-state index contributed by atoms with van der Waals surface area (Å²) < 4.78 is 5.02. The number of anilines is 1. The molecule has 0 bridgehead atoms. The molecule has 0 aliphatic rings. The van der Waals surface area contributed by atoms with Crippen LogP contribution in [-0.2, 0) is 6.54 Å². The van der Waals surface area contributed by atoms with Gasteiger partial charge in [-0.25, -0.2) is 4.98 Å². The highest BCUT2D eigenvalue weighted by Gasteiger charge is 2.06. The van der Waals surface area contributed by atoms with Gasteiger partial charge in [0, 0.05) is 35.1 Å². The molecule has 0 fully saturated rings. The van der Waals surface area contributed by atoms with E-state index in [1.165, 1.54) is 0 Å². The summed E-state index contributed by atoms with van der Waals surface area (Å²) in [7, 11) is 1.58. The van der Waals surface area contributed by atoms with E-state index < -0.39 is 0 Å². The molecule has 20 heavy (non-hydrogen) atoms. The van der Waals surface area contributed by atoms with Crippen molar-refractivity contribution in [1.29, 1.82) is 0 Å². The van der Waals surface area contributed by atoms with Gasteiger partial charge in [-0.05, 0) is 23.8 Å². The van der Waals surface area contributed by atoms with Gasteiger partial charge in [0.15, 0.2) is 0 Å². The van der Waals surface area contributed by atoms with Crippen LogP contribution < -0.4 is 15.8 Å². The van der Waals surface area contributed by atoms with Crippen LogP contribution >= 0.6 is 23.8 Å². The van der Waals surface area contributed by atoms with Crippen molar-refractivity contribution in [1.82, 2.24) is 4.98 Å². The molecule has 0 aliphatic heterocycles. The van der Waals surface area contributed by atoms with Crippen LogP contribution in [0.15, 0.2) is 36.5 Å². The zero-order chi connectivity index (χ0) is 14.5. The first-order chi connectivity index (χ1) is 9.60. The standard InChI is InChI=1S/C14H14ClN3OS/c1-19-13-5-2-9(8-18-13)7-17-12-6-10(15)3-4-11(12)14(16)20/h2-6,8,17H,7H2,1H3,(H2,16,20). The molecule has 4 nitrogen and oxygen atoms in total. The summed E-state index contributed by atoms with van der Waals surface area (Å²) in [5.74, 6) is 0.584. The largest absolute Gasteiger partial charge is 0.481 e. The fourth-order valence-corrected chi connectivity index (χ4v) is 2.06. The van der Waals surface area contributed by atoms with Crippen molar-refractivity contribution in [3.05, 3.63) is 52.7 Å². The van der Waals surface area contributed by atoms with Gasteiger partial charge in [0.05, 0.1) is 7.11 Å². The lowest BCUT2D eigenvalue weighted by Gasteiger charge is -2.12. The van der Waals surface area contributed by atoms with Crippen molar-refractivity contribution in [3.63, 3.8) is 0 Å². The molecule has 0 aliphatic carbocycles. The normalized spacial score (nSPS) is 10.1. The number of methoxy groups -OCH3 is 1. The van der Waals surface area contributed by atoms with Gasteiger partial charge in [-0.2, -0.15) is 0 Å². The Hall–Kier alpha value is -1.85. The van der Waals surface area contributed by atoms with Crippen LogP contribution in [0.1, 0.15) is 11.1 Å². The third kappa shape index (κ3) is 3.59. The van der Waals surface area contributed by atoms with Crippen molar-refractivity contribution in [3.8, 4) is 5.88 Å². The number of nitrogens with zero attached hydrogens (tertiary/aromatic N) is 1. The van der Waals surface area contributed by atoms with Gasteiger partial charge < -0.3 is 15.8 Å².